The van der Waals surface area contributed by atoms with Crippen LogP contribution in [0.3, 0.4) is 0 Å². The molecule has 0 bridgehead atoms. The molecule has 0 atom stereocenters. The molecule has 0 radical (unpaired) electrons. The van der Waals surface area contributed by atoms with Gasteiger partial charge in [0.1, 0.15) is 0 Å². The van der Waals surface area contributed by atoms with E-state index in [1.165, 1.54) is 17.4 Å². The van der Waals surface area contributed by atoms with Crippen molar-refractivity contribution < 1.29 is 0 Å². The summed E-state index contributed by atoms with van der Waals surface area (Å²) >= 11 is 1.81. The smallest absolute Gasteiger partial charge is 0.192 e. The van der Waals surface area contributed by atoms with Crippen molar-refractivity contribution in [1.29, 1.82) is 0 Å². The molecule has 1 aromatic heterocycles. The summed E-state index contributed by atoms with van der Waals surface area (Å²) in [6.07, 6.45) is 4.66. The van der Waals surface area contributed by atoms with E-state index in [4.69, 9.17) is 0 Å². The van der Waals surface area contributed by atoms with E-state index < -0.39 is 0 Å². The van der Waals surface area contributed by atoms with Gasteiger partial charge >= 0.3 is 0 Å². The summed E-state index contributed by atoms with van der Waals surface area (Å²) in [5, 5.41) is 0. The van der Waals surface area contributed by atoms with Gasteiger partial charge in [0.05, 0.1) is 5.51 Å². The first-order valence-electron chi connectivity index (χ1n) is 5.31. The van der Waals surface area contributed by atoms with Gasteiger partial charge < -0.3 is 0 Å². The largest absolute Gasteiger partial charge is 0.254 e. The lowest BCUT2D eigenvalue weighted by Crippen LogP contribution is -2.24. The van der Waals surface area contributed by atoms with Crippen LogP contribution in [0.25, 0.3) is 0 Å². The second-order valence-electron chi connectivity index (χ2n) is 5.78. The molecule has 14 heavy (non-hydrogen) atoms. The third kappa shape index (κ3) is 1.52. The van der Waals surface area contributed by atoms with Crippen LogP contribution in [0.2, 0.25) is 12.6 Å². The van der Waals surface area contributed by atoms with Crippen molar-refractivity contribution in [3.63, 3.8) is 0 Å². The number of hydrogen-bond donors (Lipinski definition) is 0. The van der Waals surface area contributed by atoms with Crippen LogP contribution < -0.4 is 4.78 Å². The lowest BCUT2D eigenvalue weighted by molar-refractivity contribution is 0.177. The van der Waals surface area contributed by atoms with E-state index in [0.717, 1.165) is 6.71 Å². The normalized spacial score (nSPS) is 24.1. The fourth-order valence-electron chi connectivity index (χ4n) is 2.49. The zero-order valence-electron chi connectivity index (χ0n) is 9.50. The lowest BCUT2D eigenvalue weighted by atomic mass is 9.46. The molecule has 76 valence electrons. The topological polar surface area (TPSA) is 12.9 Å². The minimum atomic E-state index is 0.460. The molecular formula is C11H18BNS. The molecule has 1 nitrogen and oxygen atoms in total. The van der Waals surface area contributed by atoms with Gasteiger partial charge in [-0.2, -0.15) is 0 Å². The van der Waals surface area contributed by atoms with Crippen molar-refractivity contribution in [2.24, 2.45) is 10.8 Å². The zero-order valence-corrected chi connectivity index (χ0v) is 10.3. The molecule has 1 saturated heterocycles. The van der Waals surface area contributed by atoms with E-state index in [2.05, 4.69) is 32.7 Å². The van der Waals surface area contributed by atoms with Gasteiger partial charge in [-0.3, -0.25) is 4.98 Å². The highest BCUT2D eigenvalue weighted by Gasteiger charge is 2.48. The van der Waals surface area contributed by atoms with E-state index in [0.29, 0.717) is 10.8 Å². The van der Waals surface area contributed by atoms with Crippen LogP contribution >= 0.6 is 11.3 Å². The van der Waals surface area contributed by atoms with Crippen LogP contribution in [0.5, 0.6) is 0 Å². The Kier molecular flexibility index (Phi) is 2.26. The Morgan fingerprint density at radius 3 is 2.21 bits per heavy atom. The Morgan fingerprint density at radius 2 is 1.79 bits per heavy atom. The minimum Gasteiger partial charge on any atom is -0.254 e. The molecule has 0 saturated carbocycles. The van der Waals surface area contributed by atoms with Gasteiger partial charge in [0, 0.05) is 6.20 Å². The molecule has 0 aromatic carbocycles. The van der Waals surface area contributed by atoms with Crippen molar-refractivity contribution in [3.05, 3.63) is 11.7 Å². The lowest BCUT2D eigenvalue weighted by Gasteiger charge is -2.35. The molecule has 0 unspecified atom stereocenters. The molecule has 0 spiro atoms. The van der Waals surface area contributed by atoms with Crippen LogP contribution in [-0.2, 0) is 0 Å². The Labute approximate surface area is 91.0 Å². The van der Waals surface area contributed by atoms with Crippen molar-refractivity contribution in [2.45, 2.75) is 40.3 Å². The number of thiazole rings is 1. The predicted octanol–water partition coefficient (Wildman–Crippen LogP) is 2.91. The number of rotatable bonds is 1. The maximum absolute atomic E-state index is 4.18. The molecule has 0 aliphatic carbocycles. The molecule has 3 heteroatoms. The molecule has 0 N–H and O–H groups in total. The highest BCUT2D eigenvalue weighted by atomic mass is 32.1. The number of aromatic nitrogens is 1. The number of hydrogen-bond acceptors (Lipinski definition) is 2. The van der Waals surface area contributed by atoms with Crippen LogP contribution in [0.15, 0.2) is 11.7 Å². The first-order valence-corrected chi connectivity index (χ1v) is 6.19. The average Bonchev–Trinajstić information content (AvgIpc) is 2.58. The molecule has 1 aliphatic rings. The van der Waals surface area contributed by atoms with Crippen LogP contribution in [0.1, 0.15) is 27.7 Å². The summed E-state index contributed by atoms with van der Waals surface area (Å²) in [7, 11) is 0. The van der Waals surface area contributed by atoms with Gasteiger partial charge in [0.2, 0.25) is 0 Å². The molecule has 0 amide bonds. The summed E-state index contributed by atoms with van der Waals surface area (Å²) in [5.41, 5.74) is 2.87. The van der Waals surface area contributed by atoms with Gasteiger partial charge in [-0.15, -0.1) is 11.3 Å². The van der Waals surface area contributed by atoms with E-state index in [1.807, 2.05) is 23.0 Å². The van der Waals surface area contributed by atoms with E-state index >= 15 is 0 Å². The monoisotopic (exact) mass is 207 g/mol. The van der Waals surface area contributed by atoms with E-state index in [1.54, 1.807) is 0 Å². The predicted molar refractivity (Wildman–Crippen MR) is 64.7 cm³/mol. The Balaban J connectivity index is 2.22. The highest BCUT2D eigenvalue weighted by molar-refractivity contribution is 7.21. The van der Waals surface area contributed by atoms with E-state index in [-0.39, 0.29) is 0 Å². The average molecular weight is 207 g/mol. The van der Waals surface area contributed by atoms with Gasteiger partial charge in [-0.25, -0.2) is 0 Å². The van der Waals surface area contributed by atoms with Crippen molar-refractivity contribution >= 4 is 22.8 Å². The van der Waals surface area contributed by atoms with Crippen molar-refractivity contribution in [3.8, 4) is 0 Å². The Bertz CT molecular complexity index is 300. The van der Waals surface area contributed by atoms with Gasteiger partial charge in [-0.05, 0) is 15.6 Å². The Hall–Kier alpha value is -0.305. The third-order valence-electron chi connectivity index (χ3n) is 4.20. The quantitative estimate of drug-likeness (QED) is 0.645. The third-order valence-corrected chi connectivity index (χ3v) is 5.14. The van der Waals surface area contributed by atoms with Gasteiger partial charge in [-0.1, -0.05) is 40.3 Å². The molecule has 2 rings (SSSR count). The first-order chi connectivity index (χ1) is 6.42. The van der Waals surface area contributed by atoms with Crippen LogP contribution in [0.4, 0.5) is 0 Å². The fourth-order valence-corrected chi connectivity index (χ4v) is 3.21. The second-order valence-corrected chi connectivity index (χ2v) is 6.69. The maximum Gasteiger partial charge on any atom is 0.192 e. The first kappa shape index (κ1) is 10.2. The summed E-state index contributed by atoms with van der Waals surface area (Å²) in [6, 6.07) is 0. The van der Waals surface area contributed by atoms with Crippen LogP contribution in [-0.4, -0.2) is 11.7 Å². The van der Waals surface area contributed by atoms with Crippen molar-refractivity contribution in [2.75, 3.05) is 0 Å². The fraction of sp³-hybridized carbons (Fsp3) is 0.727. The van der Waals surface area contributed by atoms with Gasteiger partial charge in [0.25, 0.3) is 0 Å². The van der Waals surface area contributed by atoms with Gasteiger partial charge in [0.15, 0.2) is 6.71 Å². The molecule has 2 heterocycles. The highest BCUT2D eigenvalue weighted by Crippen LogP contribution is 2.52. The second kappa shape index (κ2) is 3.09. The SMILES string of the molecule is CC1(C)CB(c2cncs2)CC1(C)C. The van der Waals surface area contributed by atoms with Crippen LogP contribution in [0, 0.1) is 10.8 Å². The minimum absolute atomic E-state index is 0.460. The molecule has 1 aliphatic heterocycles. The number of nitrogens with zero attached hydrogens (tertiary/aromatic N) is 1. The summed E-state index contributed by atoms with van der Waals surface area (Å²) in [6.45, 7) is 10.3. The standard InChI is InChI=1S/C11H18BNS/c1-10(2)6-12(7-11(10,3)4)9-5-13-8-14-9/h5,8H,6-7H2,1-4H3. The summed E-state index contributed by atoms with van der Waals surface area (Å²) < 4.78 is 1.48. The zero-order chi connectivity index (χ0) is 10.4. The maximum atomic E-state index is 4.18. The van der Waals surface area contributed by atoms with Crippen molar-refractivity contribution in [1.82, 2.24) is 4.98 Å². The van der Waals surface area contributed by atoms with E-state index in [9.17, 15) is 0 Å². The summed E-state index contributed by atoms with van der Waals surface area (Å²) in [4.78, 5) is 4.18. The molecular weight excluding hydrogens is 189 g/mol. The molecule has 1 fully saturated rings. The Morgan fingerprint density at radius 1 is 1.21 bits per heavy atom. The summed E-state index contributed by atoms with van der Waals surface area (Å²) in [5.74, 6) is 0. The molecule has 1 aromatic rings.